The van der Waals surface area contributed by atoms with Gasteiger partial charge in [-0.2, -0.15) is 0 Å². The van der Waals surface area contributed by atoms with Gasteiger partial charge in [0.25, 0.3) is 0 Å². The van der Waals surface area contributed by atoms with Gasteiger partial charge in [0.2, 0.25) is 23.6 Å². The highest BCUT2D eigenvalue weighted by Gasteiger charge is 2.55. The molecule has 10 heteroatoms. The van der Waals surface area contributed by atoms with Crippen LogP contribution in [0.2, 0.25) is 0 Å². The average molecular weight is 490 g/mol. The maximum atomic E-state index is 14.9. The normalized spacial score (nSPS) is 25.3. The minimum atomic E-state index is -1.62. The van der Waals surface area contributed by atoms with E-state index in [1.807, 2.05) is 0 Å². The molecule has 3 aliphatic heterocycles. The molecule has 0 radical (unpaired) electrons. The predicted octanol–water partition coefficient (Wildman–Crippen LogP) is 0.956. The van der Waals surface area contributed by atoms with Gasteiger partial charge in [-0.15, -0.1) is 0 Å². The lowest BCUT2D eigenvalue weighted by molar-refractivity contribution is -0.147. The molecule has 4 rings (SSSR count). The molecule has 3 heterocycles. The lowest BCUT2D eigenvalue weighted by Gasteiger charge is -2.37. The highest BCUT2D eigenvalue weighted by molar-refractivity contribution is 6.10. The number of hydrogen-bond acceptors (Lipinski definition) is 6. The third kappa shape index (κ3) is 5.08. The highest BCUT2D eigenvalue weighted by atomic mass is 19.1. The second kappa shape index (κ2) is 10.8. The number of amides is 4. The van der Waals surface area contributed by atoms with Crippen molar-refractivity contribution in [3.05, 3.63) is 35.6 Å². The zero-order valence-corrected chi connectivity index (χ0v) is 20.0. The standard InChI is InChI=1S/C25H32FN3O6/c1-34-12-11-29-22(31)16-25(24(29)33,19-6-2-3-7-20(19)26)15-21(30)28-8-4-5-18(17-28)23(32)27-9-13-35-14-10-27/h2-3,6-7,18H,4-5,8-17H2,1H3/t18-,25-/m0/s1. The third-order valence-corrected chi connectivity index (χ3v) is 7.22. The summed E-state index contributed by atoms with van der Waals surface area (Å²) in [6.07, 6.45) is 0.722. The zero-order chi connectivity index (χ0) is 25.0. The Bertz CT molecular complexity index is 982. The number of likely N-dealkylation sites (tertiary alicyclic amines) is 2. The minimum Gasteiger partial charge on any atom is -0.383 e. The van der Waals surface area contributed by atoms with Crippen LogP contribution < -0.4 is 0 Å². The van der Waals surface area contributed by atoms with Crippen LogP contribution in [0.15, 0.2) is 24.3 Å². The summed E-state index contributed by atoms with van der Waals surface area (Å²) in [6, 6.07) is 5.80. The van der Waals surface area contributed by atoms with Crippen LogP contribution in [0, 0.1) is 11.7 Å². The number of ether oxygens (including phenoxy) is 2. The molecule has 35 heavy (non-hydrogen) atoms. The van der Waals surface area contributed by atoms with Gasteiger partial charge >= 0.3 is 0 Å². The van der Waals surface area contributed by atoms with Gasteiger partial charge in [-0.3, -0.25) is 24.1 Å². The number of carbonyl (C=O) groups excluding carboxylic acids is 4. The molecule has 2 atom stereocenters. The summed E-state index contributed by atoms with van der Waals surface area (Å²) in [7, 11) is 1.46. The van der Waals surface area contributed by atoms with E-state index in [-0.39, 0.29) is 55.8 Å². The molecule has 0 saturated carbocycles. The molecular formula is C25H32FN3O6. The Morgan fingerprint density at radius 1 is 1.14 bits per heavy atom. The van der Waals surface area contributed by atoms with E-state index in [1.54, 1.807) is 15.9 Å². The Labute approximate surface area is 204 Å². The number of methoxy groups -OCH3 is 1. The fourth-order valence-electron chi connectivity index (χ4n) is 5.32. The van der Waals surface area contributed by atoms with E-state index in [1.165, 1.54) is 25.3 Å². The maximum absolute atomic E-state index is 14.9. The molecule has 0 bridgehead atoms. The van der Waals surface area contributed by atoms with Crippen LogP contribution in [0.1, 0.15) is 31.2 Å². The number of halogens is 1. The van der Waals surface area contributed by atoms with Gasteiger partial charge in [-0.1, -0.05) is 18.2 Å². The van der Waals surface area contributed by atoms with Gasteiger partial charge in [-0.25, -0.2) is 4.39 Å². The second-order valence-electron chi connectivity index (χ2n) is 9.38. The van der Waals surface area contributed by atoms with Gasteiger partial charge in [0.15, 0.2) is 0 Å². The van der Waals surface area contributed by atoms with Crippen LogP contribution in [0.4, 0.5) is 4.39 Å². The minimum absolute atomic E-state index is 0.00692. The molecule has 3 saturated heterocycles. The van der Waals surface area contributed by atoms with E-state index < -0.39 is 23.0 Å². The number of morpholine rings is 1. The van der Waals surface area contributed by atoms with Crippen molar-refractivity contribution in [2.45, 2.75) is 31.1 Å². The molecule has 9 nitrogen and oxygen atoms in total. The lowest BCUT2D eigenvalue weighted by Crippen LogP contribution is -2.51. The Hall–Kier alpha value is -2.85. The monoisotopic (exact) mass is 489 g/mol. The molecule has 1 aromatic rings. The topological polar surface area (TPSA) is 96.5 Å². The summed E-state index contributed by atoms with van der Waals surface area (Å²) in [4.78, 5) is 57.3. The van der Waals surface area contributed by atoms with Crippen LogP contribution in [0.5, 0.6) is 0 Å². The van der Waals surface area contributed by atoms with Crippen LogP contribution in [0.25, 0.3) is 0 Å². The first-order chi connectivity index (χ1) is 16.9. The van der Waals surface area contributed by atoms with E-state index in [4.69, 9.17) is 9.47 Å². The fraction of sp³-hybridized carbons (Fsp3) is 0.600. The number of nitrogens with zero attached hydrogens (tertiary/aromatic N) is 3. The van der Waals surface area contributed by atoms with Crippen molar-refractivity contribution in [2.24, 2.45) is 5.92 Å². The van der Waals surface area contributed by atoms with E-state index in [9.17, 15) is 23.6 Å². The first-order valence-electron chi connectivity index (χ1n) is 12.1. The van der Waals surface area contributed by atoms with E-state index in [0.717, 1.165) is 4.90 Å². The quantitative estimate of drug-likeness (QED) is 0.530. The average Bonchev–Trinajstić information content (AvgIpc) is 3.12. The molecule has 0 unspecified atom stereocenters. The number of benzene rings is 1. The molecule has 190 valence electrons. The predicted molar refractivity (Wildman–Crippen MR) is 123 cm³/mol. The first kappa shape index (κ1) is 25.2. The van der Waals surface area contributed by atoms with E-state index in [0.29, 0.717) is 45.7 Å². The van der Waals surface area contributed by atoms with Gasteiger partial charge in [0.1, 0.15) is 5.82 Å². The molecule has 0 aliphatic carbocycles. The molecule has 0 aromatic heterocycles. The summed E-state index contributed by atoms with van der Waals surface area (Å²) in [5.74, 6) is -2.35. The molecule has 1 aromatic carbocycles. The van der Waals surface area contributed by atoms with Crippen molar-refractivity contribution in [3.8, 4) is 0 Å². The van der Waals surface area contributed by atoms with E-state index in [2.05, 4.69) is 0 Å². The Morgan fingerprint density at radius 2 is 1.89 bits per heavy atom. The van der Waals surface area contributed by atoms with E-state index >= 15 is 0 Å². The largest absolute Gasteiger partial charge is 0.383 e. The third-order valence-electron chi connectivity index (χ3n) is 7.22. The van der Waals surface area contributed by atoms with Crippen LogP contribution in [0.3, 0.4) is 0 Å². The van der Waals surface area contributed by atoms with Crippen molar-refractivity contribution in [1.82, 2.24) is 14.7 Å². The Balaban J connectivity index is 1.55. The SMILES string of the molecule is COCCN1C(=O)C[C@@](CC(=O)N2CCC[C@H](C(=O)N3CCOCC3)C2)(c2ccccc2F)C1=O. The second-order valence-corrected chi connectivity index (χ2v) is 9.38. The number of rotatable bonds is 7. The summed E-state index contributed by atoms with van der Waals surface area (Å²) in [6.45, 7) is 2.96. The van der Waals surface area contributed by atoms with Gasteiger partial charge in [-0.05, 0) is 18.9 Å². The van der Waals surface area contributed by atoms with Crippen molar-refractivity contribution in [1.29, 1.82) is 0 Å². The molecule has 0 spiro atoms. The molecule has 0 N–H and O–H groups in total. The molecule has 3 fully saturated rings. The van der Waals surface area contributed by atoms with Crippen LogP contribution in [-0.2, 0) is 34.1 Å². The maximum Gasteiger partial charge on any atom is 0.241 e. The smallest absolute Gasteiger partial charge is 0.241 e. The highest BCUT2D eigenvalue weighted by Crippen LogP contribution is 2.41. The van der Waals surface area contributed by atoms with Gasteiger partial charge in [0.05, 0.1) is 37.7 Å². The molecule has 3 aliphatic rings. The summed E-state index contributed by atoms with van der Waals surface area (Å²) in [5.41, 5.74) is -1.57. The number of piperidine rings is 1. The number of carbonyl (C=O) groups is 4. The zero-order valence-electron chi connectivity index (χ0n) is 20.0. The first-order valence-corrected chi connectivity index (χ1v) is 12.1. The summed E-state index contributed by atoms with van der Waals surface area (Å²) in [5, 5.41) is 0. The van der Waals surface area contributed by atoms with Crippen molar-refractivity contribution in [3.63, 3.8) is 0 Å². The van der Waals surface area contributed by atoms with Gasteiger partial charge < -0.3 is 19.3 Å². The molecule has 4 amide bonds. The van der Waals surface area contributed by atoms with Crippen molar-refractivity contribution < 1.29 is 33.0 Å². The molecular weight excluding hydrogens is 457 g/mol. The Kier molecular flexibility index (Phi) is 7.81. The summed E-state index contributed by atoms with van der Waals surface area (Å²) < 4.78 is 25.3. The van der Waals surface area contributed by atoms with Crippen molar-refractivity contribution >= 4 is 23.6 Å². The fourth-order valence-corrected chi connectivity index (χ4v) is 5.32. The van der Waals surface area contributed by atoms with Crippen LogP contribution >= 0.6 is 0 Å². The number of imide groups is 1. The van der Waals surface area contributed by atoms with Crippen LogP contribution in [-0.4, -0.2) is 98.0 Å². The Morgan fingerprint density at radius 3 is 2.60 bits per heavy atom. The lowest BCUT2D eigenvalue weighted by atomic mass is 9.75. The van der Waals surface area contributed by atoms with Gasteiger partial charge in [0, 0.05) is 51.7 Å². The summed E-state index contributed by atoms with van der Waals surface area (Å²) >= 11 is 0. The van der Waals surface area contributed by atoms with Crippen molar-refractivity contribution in [2.75, 3.05) is 59.7 Å². The number of hydrogen-bond donors (Lipinski definition) is 0.